The molecule has 0 saturated heterocycles. The second kappa shape index (κ2) is 6.41. The molecule has 0 spiro atoms. The smallest absolute Gasteiger partial charge is 0.133 e. The molecular formula is C15H16BrNO2S. The molecule has 2 aromatic rings. The van der Waals surface area contributed by atoms with Crippen molar-refractivity contribution in [1.82, 2.24) is 0 Å². The summed E-state index contributed by atoms with van der Waals surface area (Å²) in [6.07, 6.45) is 0. The summed E-state index contributed by atoms with van der Waals surface area (Å²) >= 11 is 3.43. The van der Waals surface area contributed by atoms with Gasteiger partial charge in [-0.3, -0.25) is 4.21 Å². The van der Waals surface area contributed by atoms with Crippen LogP contribution in [0.4, 0.5) is 5.69 Å². The van der Waals surface area contributed by atoms with Crippen molar-refractivity contribution in [3.8, 4) is 5.75 Å². The molecule has 1 unspecified atom stereocenters. The van der Waals surface area contributed by atoms with Crippen LogP contribution in [0.25, 0.3) is 0 Å². The Kier molecular flexibility index (Phi) is 4.83. The first-order valence-electron chi connectivity index (χ1n) is 6.08. The van der Waals surface area contributed by atoms with Gasteiger partial charge >= 0.3 is 0 Å². The molecule has 0 saturated carbocycles. The fourth-order valence-corrected chi connectivity index (χ4v) is 3.59. The molecule has 1 atom stereocenters. The average Bonchev–Trinajstić information content (AvgIpc) is 2.42. The zero-order valence-corrected chi connectivity index (χ0v) is 13.8. The standard InChI is InChI=1S/C15H16BrNO2S/c1-10-7-12(4-5-14(10)17)20(18)9-11-3-6-15(19-2)13(16)8-11/h3-8H,9,17H2,1-2H3. The number of nitrogens with two attached hydrogens (primary N) is 1. The largest absolute Gasteiger partial charge is 0.496 e. The Morgan fingerprint density at radius 3 is 2.60 bits per heavy atom. The normalized spacial score (nSPS) is 12.2. The van der Waals surface area contributed by atoms with E-state index >= 15 is 0 Å². The van der Waals surface area contributed by atoms with Crippen molar-refractivity contribution >= 4 is 32.4 Å². The van der Waals surface area contributed by atoms with E-state index in [1.165, 1.54) is 0 Å². The van der Waals surface area contributed by atoms with Crippen LogP contribution in [0.3, 0.4) is 0 Å². The fourth-order valence-electron chi connectivity index (χ4n) is 1.82. The third-order valence-corrected chi connectivity index (χ3v) is 5.01. The molecule has 0 bridgehead atoms. The Hall–Kier alpha value is -1.33. The lowest BCUT2D eigenvalue weighted by Crippen LogP contribution is -1.99. The molecule has 0 aromatic heterocycles. The fraction of sp³-hybridized carbons (Fsp3) is 0.200. The first-order valence-corrected chi connectivity index (χ1v) is 8.19. The number of anilines is 1. The highest BCUT2D eigenvalue weighted by atomic mass is 79.9. The molecule has 0 heterocycles. The minimum absolute atomic E-state index is 0.464. The van der Waals surface area contributed by atoms with Crippen LogP contribution < -0.4 is 10.5 Å². The minimum atomic E-state index is -1.09. The summed E-state index contributed by atoms with van der Waals surface area (Å²) in [6, 6.07) is 11.2. The highest BCUT2D eigenvalue weighted by molar-refractivity contribution is 9.10. The average molecular weight is 354 g/mol. The highest BCUT2D eigenvalue weighted by Crippen LogP contribution is 2.27. The number of ether oxygens (including phenoxy) is 1. The second-order valence-corrected chi connectivity index (χ2v) is 6.78. The first-order chi connectivity index (χ1) is 9.51. The Labute approximate surface area is 129 Å². The number of hydrogen-bond donors (Lipinski definition) is 1. The number of halogens is 1. The van der Waals surface area contributed by atoms with Crippen molar-refractivity contribution < 1.29 is 8.95 Å². The molecule has 20 heavy (non-hydrogen) atoms. The Morgan fingerprint density at radius 2 is 2.00 bits per heavy atom. The summed E-state index contributed by atoms with van der Waals surface area (Å²) in [5, 5.41) is 0. The Morgan fingerprint density at radius 1 is 1.25 bits per heavy atom. The molecular weight excluding hydrogens is 338 g/mol. The number of nitrogen functional groups attached to an aromatic ring is 1. The van der Waals surface area contributed by atoms with E-state index in [1.54, 1.807) is 13.2 Å². The van der Waals surface area contributed by atoms with E-state index in [2.05, 4.69) is 15.9 Å². The van der Waals surface area contributed by atoms with E-state index in [0.717, 1.165) is 31.9 Å². The van der Waals surface area contributed by atoms with Crippen LogP contribution in [0.1, 0.15) is 11.1 Å². The number of hydrogen-bond acceptors (Lipinski definition) is 3. The number of methoxy groups -OCH3 is 1. The van der Waals surface area contributed by atoms with Crippen molar-refractivity contribution in [2.45, 2.75) is 17.6 Å². The summed E-state index contributed by atoms with van der Waals surface area (Å²) in [7, 11) is 0.533. The van der Waals surface area contributed by atoms with Crippen LogP contribution in [0.15, 0.2) is 45.8 Å². The molecule has 0 amide bonds. The SMILES string of the molecule is COc1ccc(CS(=O)c2ccc(N)c(C)c2)cc1Br. The first kappa shape index (κ1) is 15.1. The third kappa shape index (κ3) is 3.41. The van der Waals surface area contributed by atoms with E-state index < -0.39 is 10.8 Å². The topological polar surface area (TPSA) is 52.3 Å². The van der Waals surface area contributed by atoms with Crippen molar-refractivity contribution in [1.29, 1.82) is 0 Å². The van der Waals surface area contributed by atoms with Crippen LogP contribution in [0.5, 0.6) is 5.75 Å². The summed E-state index contributed by atoms with van der Waals surface area (Å²) in [5.41, 5.74) is 8.44. The second-order valence-electron chi connectivity index (χ2n) is 4.48. The van der Waals surface area contributed by atoms with Gasteiger partial charge in [0, 0.05) is 10.6 Å². The zero-order chi connectivity index (χ0) is 14.7. The lowest BCUT2D eigenvalue weighted by molar-refractivity contribution is 0.412. The monoisotopic (exact) mass is 353 g/mol. The quantitative estimate of drug-likeness (QED) is 0.853. The molecule has 2 aromatic carbocycles. The predicted molar refractivity (Wildman–Crippen MR) is 86.4 cm³/mol. The molecule has 0 radical (unpaired) electrons. The molecule has 2 rings (SSSR count). The van der Waals surface area contributed by atoms with Gasteiger partial charge in [-0.15, -0.1) is 0 Å². The van der Waals surface area contributed by atoms with E-state index in [4.69, 9.17) is 10.5 Å². The predicted octanol–water partition coefficient (Wildman–Crippen LogP) is 3.66. The van der Waals surface area contributed by atoms with Crippen molar-refractivity contribution in [2.75, 3.05) is 12.8 Å². The summed E-state index contributed by atoms with van der Waals surface area (Å²) in [5.74, 6) is 1.23. The molecule has 106 valence electrons. The maximum Gasteiger partial charge on any atom is 0.133 e. The molecule has 2 N–H and O–H groups in total. The van der Waals surface area contributed by atoms with Gasteiger partial charge in [-0.2, -0.15) is 0 Å². The van der Waals surface area contributed by atoms with Gasteiger partial charge in [-0.25, -0.2) is 0 Å². The van der Waals surface area contributed by atoms with Crippen LogP contribution in [-0.2, 0) is 16.6 Å². The van der Waals surface area contributed by atoms with Gasteiger partial charge in [0.05, 0.1) is 28.1 Å². The molecule has 0 aliphatic rings. The number of benzene rings is 2. The lowest BCUT2D eigenvalue weighted by atomic mass is 10.2. The zero-order valence-electron chi connectivity index (χ0n) is 11.4. The van der Waals surface area contributed by atoms with Crippen LogP contribution in [0, 0.1) is 6.92 Å². The number of rotatable bonds is 4. The summed E-state index contributed by atoms with van der Waals surface area (Å²) < 4.78 is 18.4. The highest BCUT2D eigenvalue weighted by Gasteiger charge is 2.08. The summed E-state index contributed by atoms with van der Waals surface area (Å²) in [6.45, 7) is 1.92. The Balaban J connectivity index is 2.19. The molecule has 3 nitrogen and oxygen atoms in total. The van der Waals surface area contributed by atoms with Gasteiger partial charge in [0.1, 0.15) is 5.75 Å². The maximum absolute atomic E-state index is 12.4. The van der Waals surface area contributed by atoms with E-state index in [0.29, 0.717) is 5.75 Å². The van der Waals surface area contributed by atoms with Crippen LogP contribution in [0.2, 0.25) is 0 Å². The minimum Gasteiger partial charge on any atom is -0.496 e. The van der Waals surface area contributed by atoms with Crippen molar-refractivity contribution in [3.63, 3.8) is 0 Å². The van der Waals surface area contributed by atoms with E-state index in [9.17, 15) is 4.21 Å². The molecule has 0 aliphatic carbocycles. The van der Waals surface area contributed by atoms with Gasteiger partial charge < -0.3 is 10.5 Å². The lowest BCUT2D eigenvalue weighted by Gasteiger charge is -2.08. The van der Waals surface area contributed by atoms with Crippen LogP contribution >= 0.6 is 15.9 Å². The van der Waals surface area contributed by atoms with Crippen molar-refractivity contribution in [2.24, 2.45) is 0 Å². The van der Waals surface area contributed by atoms with E-state index in [1.807, 2.05) is 37.3 Å². The van der Waals surface area contributed by atoms with Gasteiger partial charge in [-0.1, -0.05) is 6.07 Å². The molecule has 0 fully saturated rings. The maximum atomic E-state index is 12.4. The van der Waals surface area contributed by atoms with Gasteiger partial charge in [-0.05, 0) is 64.3 Å². The summed E-state index contributed by atoms with van der Waals surface area (Å²) in [4.78, 5) is 0.795. The van der Waals surface area contributed by atoms with Gasteiger partial charge in [0.15, 0.2) is 0 Å². The molecule has 0 aliphatic heterocycles. The Bertz CT molecular complexity index is 658. The third-order valence-electron chi connectivity index (χ3n) is 3.02. The van der Waals surface area contributed by atoms with Crippen LogP contribution in [-0.4, -0.2) is 11.3 Å². The van der Waals surface area contributed by atoms with Crippen molar-refractivity contribution in [3.05, 3.63) is 52.0 Å². The molecule has 5 heteroatoms. The van der Waals surface area contributed by atoms with E-state index in [-0.39, 0.29) is 0 Å². The van der Waals surface area contributed by atoms with Gasteiger partial charge in [0.25, 0.3) is 0 Å². The number of aryl methyl sites for hydroxylation is 1. The van der Waals surface area contributed by atoms with Gasteiger partial charge in [0.2, 0.25) is 0 Å².